The van der Waals surface area contributed by atoms with Crippen molar-refractivity contribution in [3.8, 4) is 0 Å². The van der Waals surface area contributed by atoms with Gasteiger partial charge in [-0.1, -0.05) is 84.0 Å². The number of nitrogens with two attached hydrogens (primary N) is 2. The van der Waals surface area contributed by atoms with E-state index in [2.05, 4.69) is 6.92 Å². The Kier molecular flexibility index (Phi) is 23.8. The predicted octanol–water partition coefficient (Wildman–Crippen LogP) is 4.69. The molecule has 162 valence electrons. The molecule has 0 fully saturated rings. The van der Waals surface area contributed by atoms with Crippen molar-refractivity contribution in [1.82, 2.24) is 0 Å². The second-order valence-electron chi connectivity index (χ2n) is 7.26. The third-order valence-corrected chi connectivity index (χ3v) is 4.53. The quantitative estimate of drug-likeness (QED) is 0.252. The molecule has 0 saturated carbocycles. The number of carboxylic acid groups (broad SMARTS) is 2. The van der Waals surface area contributed by atoms with Gasteiger partial charge in [0, 0.05) is 6.42 Å². The lowest BCUT2D eigenvalue weighted by Crippen LogP contribution is -2.30. The Labute approximate surface area is 166 Å². The van der Waals surface area contributed by atoms with Crippen LogP contribution in [0.2, 0.25) is 0 Å². The minimum absolute atomic E-state index is 0.345. The summed E-state index contributed by atoms with van der Waals surface area (Å²) in [5.74, 6) is -1.61. The highest BCUT2D eigenvalue weighted by Gasteiger charge is 2.08. The van der Waals surface area contributed by atoms with Gasteiger partial charge in [0.25, 0.3) is 0 Å². The van der Waals surface area contributed by atoms with Crippen molar-refractivity contribution in [3.63, 3.8) is 0 Å². The Balaban J connectivity index is 0. The molecule has 0 aliphatic carbocycles. The van der Waals surface area contributed by atoms with Crippen molar-refractivity contribution in [2.45, 2.75) is 116 Å². The van der Waals surface area contributed by atoms with Crippen LogP contribution in [-0.2, 0) is 9.59 Å². The summed E-state index contributed by atoms with van der Waals surface area (Å²) in [6, 6.07) is -0.742. The normalized spacial score (nSPS) is 11.5. The molecule has 0 aromatic carbocycles. The fourth-order valence-corrected chi connectivity index (χ4v) is 2.76. The SMILES string of the molecule is CCCCCCCCCCCCCCCC(=O)O.NCCC[C@H](N)C(=O)O. The molecule has 0 saturated heterocycles. The third-order valence-electron chi connectivity index (χ3n) is 4.53. The van der Waals surface area contributed by atoms with Gasteiger partial charge in [-0.25, -0.2) is 0 Å². The number of rotatable bonds is 18. The minimum Gasteiger partial charge on any atom is -0.481 e. The molecule has 0 amide bonds. The van der Waals surface area contributed by atoms with Gasteiger partial charge in [0.15, 0.2) is 0 Å². The highest BCUT2D eigenvalue weighted by Crippen LogP contribution is 2.12. The van der Waals surface area contributed by atoms with Gasteiger partial charge in [0.05, 0.1) is 0 Å². The molecule has 6 nitrogen and oxygen atoms in total. The lowest BCUT2D eigenvalue weighted by molar-refractivity contribution is -0.139. The Morgan fingerprint density at radius 3 is 1.48 bits per heavy atom. The molecule has 0 aromatic heterocycles. The van der Waals surface area contributed by atoms with Crippen molar-refractivity contribution in [2.24, 2.45) is 11.5 Å². The standard InChI is InChI=1S/C16H32O2.C5H12N2O2/c1-2-3-4-5-6-7-8-9-10-11-12-13-14-15-16(17)18;6-3-1-2-4(7)5(8)9/h2-15H2,1H3,(H,17,18);4H,1-3,6-7H2,(H,8,9)/t;4-/m.0/s1. The number of unbranched alkanes of at least 4 members (excludes halogenated alkanes) is 12. The van der Waals surface area contributed by atoms with Crippen molar-refractivity contribution in [3.05, 3.63) is 0 Å². The molecule has 0 rings (SSSR count). The minimum atomic E-state index is -0.955. The number of hydrogen-bond donors (Lipinski definition) is 4. The van der Waals surface area contributed by atoms with Crippen LogP contribution in [-0.4, -0.2) is 34.7 Å². The summed E-state index contributed by atoms with van der Waals surface area (Å²) >= 11 is 0. The van der Waals surface area contributed by atoms with E-state index in [9.17, 15) is 9.59 Å². The average molecular weight is 389 g/mol. The summed E-state index contributed by atoms with van der Waals surface area (Å²) < 4.78 is 0. The Morgan fingerprint density at radius 2 is 1.15 bits per heavy atom. The van der Waals surface area contributed by atoms with E-state index in [1.54, 1.807) is 0 Å². The van der Waals surface area contributed by atoms with Gasteiger partial charge in [0.2, 0.25) is 0 Å². The van der Waals surface area contributed by atoms with Crippen LogP contribution in [0.3, 0.4) is 0 Å². The molecule has 0 spiro atoms. The smallest absolute Gasteiger partial charge is 0.320 e. The van der Waals surface area contributed by atoms with E-state index in [-0.39, 0.29) is 0 Å². The molecule has 0 aliphatic heterocycles. The van der Waals surface area contributed by atoms with E-state index in [1.807, 2.05) is 0 Å². The van der Waals surface area contributed by atoms with Crippen LogP contribution in [0.4, 0.5) is 0 Å². The van der Waals surface area contributed by atoms with E-state index in [1.165, 1.54) is 70.6 Å². The lowest BCUT2D eigenvalue weighted by atomic mass is 10.0. The van der Waals surface area contributed by atoms with Gasteiger partial charge >= 0.3 is 11.9 Å². The van der Waals surface area contributed by atoms with Gasteiger partial charge < -0.3 is 21.7 Å². The monoisotopic (exact) mass is 388 g/mol. The van der Waals surface area contributed by atoms with E-state index >= 15 is 0 Å². The topological polar surface area (TPSA) is 127 Å². The molecule has 0 bridgehead atoms. The molecule has 0 aliphatic rings. The maximum Gasteiger partial charge on any atom is 0.320 e. The zero-order chi connectivity index (χ0) is 20.8. The average Bonchev–Trinajstić information content (AvgIpc) is 2.63. The van der Waals surface area contributed by atoms with Crippen LogP contribution in [0, 0.1) is 0 Å². The van der Waals surface area contributed by atoms with E-state index in [0.717, 1.165) is 12.8 Å². The first-order valence-corrected chi connectivity index (χ1v) is 10.9. The summed E-state index contributed by atoms with van der Waals surface area (Å²) in [7, 11) is 0. The number of hydrogen-bond acceptors (Lipinski definition) is 4. The molecule has 1 atom stereocenters. The lowest BCUT2D eigenvalue weighted by Gasteiger charge is -2.02. The van der Waals surface area contributed by atoms with E-state index in [4.69, 9.17) is 21.7 Å². The first kappa shape index (κ1) is 28.1. The predicted molar refractivity (Wildman–Crippen MR) is 112 cm³/mol. The Morgan fingerprint density at radius 1 is 0.741 bits per heavy atom. The molecule has 6 N–H and O–H groups in total. The summed E-state index contributed by atoms with van der Waals surface area (Å²) in [4.78, 5) is 20.3. The number of aliphatic carboxylic acids is 2. The van der Waals surface area contributed by atoms with Crippen molar-refractivity contribution in [2.75, 3.05) is 6.54 Å². The summed E-state index contributed by atoms with van der Waals surface area (Å²) in [6.07, 6.45) is 18.4. The van der Waals surface area contributed by atoms with Crippen LogP contribution >= 0.6 is 0 Å². The summed E-state index contributed by atoms with van der Waals surface area (Å²) in [5, 5.41) is 16.7. The first-order valence-electron chi connectivity index (χ1n) is 10.9. The molecule has 0 radical (unpaired) electrons. The fraction of sp³-hybridized carbons (Fsp3) is 0.905. The molecule has 0 heterocycles. The molecule has 6 heteroatoms. The highest BCUT2D eigenvalue weighted by molar-refractivity contribution is 5.72. The molecular weight excluding hydrogens is 344 g/mol. The van der Waals surface area contributed by atoms with Crippen LogP contribution in [0.15, 0.2) is 0 Å². The van der Waals surface area contributed by atoms with Crippen LogP contribution < -0.4 is 11.5 Å². The van der Waals surface area contributed by atoms with Gasteiger partial charge in [-0.05, 0) is 25.8 Å². The zero-order valence-corrected chi connectivity index (χ0v) is 17.5. The van der Waals surface area contributed by atoms with Gasteiger partial charge in [0.1, 0.15) is 6.04 Å². The maximum absolute atomic E-state index is 10.3. The van der Waals surface area contributed by atoms with Gasteiger partial charge in [-0.15, -0.1) is 0 Å². The number of carboxylic acids is 2. The first-order chi connectivity index (χ1) is 13.0. The number of carbonyl (C=O) groups is 2. The van der Waals surface area contributed by atoms with Gasteiger partial charge in [-0.3, -0.25) is 9.59 Å². The van der Waals surface area contributed by atoms with Crippen molar-refractivity contribution in [1.29, 1.82) is 0 Å². The zero-order valence-electron chi connectivity index (χ0n) is 17.5. The van der Waals surface area contributed by atoms with E-state index in [0.29, 0.717) is 25.8 Å². The van der Waals surface area contributed by atoms with Crippen molar-refractivity contribution >= 4 is 11.9 Å². The van der Waals surface area contributed by atoms with Crippen LogP contribution in [0.1, 0.15) is 110 Å². The fourth-order valence-electron chi connectivity index (χ4n) is 2.76. The summed E-state index contributed by atoms with van der Waals surface area (Å²) in [5.41, 5.74) is 10.3. The summed E-state index contributed by atoms with van der Waals surface area (Å²) in [6.45, 7) is 2.76. The maximum atomic E-state index is 10.3. The molecule has 27 heavy (non-hydrogen) atoms. The van der Waals surface area contributed by atoms with Crippen LogP contribution in [0.5, 0.6) is 0 Å². The van der Waals surface area contributed by atoms with Crippen LogP contribution in [0.25, 0.3) is 0 Å². The molecular formula is C21H44N2O4. The second-order valence-corrected chi connectivity index (χ2v) is 7.26. The molecule has 0 aromatic rings. The van der Waals surface area contributed by atoms with E-state index < -0.39 is 18.0 Å². The van der Waals surface area contributed by atoms with Crippen molar-refractivity contribution < 1.29 is 19.8 Å². The Hall–Kier alpha value is -1.14. The molecule has 0 unspecified atom stereocenters. The Bertz CT molecular complexity index is 338. The van der Waals surface area contributed by atoms with Gasteiger partial charge in [-0.2, -0.15) is 0 Å². The largest absolute Gasteiger partial charge is 0.481 e. The second kappa shape index (κ2) is 22.9. The third kappa shape index (κ3) is 27.2. The highest BCUT2D eigenvalue weighted by atomic mass is 16.4.